The Labute approximate surface area is 101 Å². The average molecular weight is 259 g/mol. The third kappa shape index (κ3) is 3.06. The molecule has 1 unspecified atom stereocenters. The molecule has 1 aliphatic rings. The summed E-state index contributed by atoms with van der Waals surface area (Å²) in [4.78, 5) is 3.20. The van der Waals surface area contributed by atoms with E-state index in [4.69, 9.17) is 4.74 Å². The van der Waals surface area contributed by atoms with E-state index in [-0.39, 0.29) is 10.9 Å². The van der Waals surface area contributed by atoms with Crippen LogP contribution in [0.2, 0.25) is 0 Å². The Morgan fingerprint density at radius 1 is 1.59 bits per heavy atom. The van der Waals surface area contributed by atoms with Gasteiger partial charge in [-0.1, -0.05) is 0 Å². The first-order valence-electron chi connectivity index (χ1n) is 5.54. The van der Waals surface area contributed by atoms with Crippen molar-refractivity contribution < 1.29 is 13.2 Å². The van der Waals surface area contributed by atoms with Crippen LogP contribution >= 0.6 is 0 Å². The standard InChI is InChI=1S/C10H17N3O3S/c1-11-5-9-4-10(6-12-9)17(14,15)13-8-2-3-16-7-8/h4,6,8,11-13H,2-3,5,7H2,1H3. The molecule has 96 valence electrons. The average Bonchev–Trinajstić information content (AvgIpc) is 2.88. The molecule has 1 aromatic rings. The van der Waals surface area contributed by atoms with Gasteiger partial charge in [0.1, 0.15) is 0 Å². The zero-order valence-electron chi connectivity index (χ0n) is 9.69. The van der Waals surface area contributed by atoms with Gasteiger partial charge in [-0.25, -0.2) is 13.1 Å². The first-order valence-corrected chi connectivity index (χ1v) is 7.02. The first-order chi connectivity index (χ1) is 8.12. The molecule has 0 amide bonds. The molecule has 17 heavy (non-hydrogen) atoms. The summed E-state index contributed by atoms with van der Waals surface area (Å²) in [5.74, 6) is 0. The highest BCUT2D eigenvalue weighted by Gasteiger charge is 2.24. The highest BCUT2D eigenvalue weighted by Crippen LogP contribution is 2.13. The van der Waals surface area contributed by atoms with Crippen LogP contribution < -0.4 is 10.0 Å². The summed E-state index contributed by atoms with van der Waals surface area (Å²) in [5.41, 5.74) is 0.843. The van der Waals surface area contributed by atoms with Crippen molar-refractivity contribution >= 4 is 10.0 Å². The topological polar surface area (TPSA) is 83.2 Å². The highest BCUT2D eigenvalue weighted by molar-refractivity contribution is 7.89. The van der Waals surface area contributed by atoms with Gasteiger partial charge in [-0.05, 0) is 19.5 Å². The fourth-order valence-corrected chi connectivity index (χ4v) is 3.05. The molecular weight excluding hydrogens is 242 g/mol. The summed E-state index contributed by atoms with van der Waals surface area (Å²) in [7, 11) is -1.62. The van der Waals surface area contributed by atoms with Crippen LogP contribution in [0.4, 0.5) is 0 Å². The van der Waals surface area contributed by atoms with E-state index in [9.17, 15) is 8.42 Å². The maximum atomic E-state index is 12.0. The van der Waals surface area contributed by atoms with Gasteiger partial charge in [-0.3, -0.25) is 0 Å². The molecule has 2 heterocycles. The van der Waals surface area contributed by atoms with E-state index in [1.54, 1.807) is 6.07 Å². The van der Waals surface area contributed by atoms with Gasteiger partial charge in [-0.2, -0.15) is 0 Å². The third-order valence-corrected chi connectivity index (χ3v) is 4.15. The molecule has 0 spiro atoms. The van der Waals surface area contributed by atoms with E-state index in [1.807, 2.05) is 7.05 Å². The van der Waals surface area contributed by atoms with Crippen LogP contribution in [-0.4, -0.2) is 39.7 Å². The van der Waals surface area contributed by atoms with Crippen molar-refractivity contribution in [1.82, 2.24) is 15.0 Å². The predicted molar refractivity (Wildman–Crippen MR) is 63.1 cm³/mol. The van der Waals surface area contributed by atoms with Crippen molar-refractivity contribution in [3.63, 3.8) is 0 Å². The second-order valence-electron chi connectivity index (χ2n) is 4.07. The number of rotatable bonds is 5. The van der Waals surface area contributed by atoms with Crippen molar-refractivity contribution in [3.05, 3.63) is 18.0 Å². The highest BCUT2D eigenvalue weighted by atomic mass is 32.2. The molecule has 1 aliphatic heterocycles. The summed E-state index contributed by atoms with van der Waals surface area (Å²) < 4.78 is 31.8. The Bertz CT molecular complexity index is 463. The molecule has 0 saturated carbocycles. The lowest BCUT2D eigenvalue weighted by molar-refractivity contribution is 0.192. The summed E-state index contributed by atoms with van der Waals surface area (Å²) in [6, 6.07) is 1.52. The Balaban J connectivity index is 2.07. The third-order valence-electron chi connectivity index (χ3n) is 2.65. The van der Waals surface area contributed by atoms with Crippen molar-refractivity contribution in [2.24, 2.45) is 0 Å². The minimum atomic E-state index is -3.43. The number of nitrogens with one attached hydrogen (secondary N) is 3. The van der Waals surface area contributed by atoms with Gasteiger partial charge in [0, 0.05) is 31.1 Å². The van der Waals surface area contributed by atoms with Crippen molar-refractivity contribution in [1.29, 1.82) is 0 Å². The Morgan fingerprint density at radius 3 is 3.06 bits per heavy atom. The van der Waals surface area contributed by atoms with E-state index >= 15 is 0 Å². The van der Waals surface area contributed by atoms with Crippen LogP contribution in [-0.2, 0) is 21.3 Å². The summed E-state index contributed by atoms with van der Waals surface area (Å²) in [6.07, 6.45) is 2.23. The minimum absolute atomic E-state index is 0.109. The van der Waals surface area contributed by atoms with Crippen LogP contribution in [0.15, 0.2) is 17.2 Å². The maximum absolute atomic E-state index is 12.0. The largest absolute Gasteiger partial charge is 0.380 e. The normalized spacial score (nSPS) is 20.9. The van der Waals surface area contributed by atoms with Gasteiger partial charge in [0.25, 0.3) is 0 Å². The van der Waals surface area contributed by atoms with Gasteiger partial charge in [0.15, 0.2) is 0 Å². The van der Waals surface area contributed by atoms with Gasteiger partial charge >= 0.3 is 0 Å². The number of sulfonamides is 1. The molecule has 0 bridgehead atoms. The molecule has 3 N–H and O–H groups in total. The zero-order valence-corrected chi connectivity index (χ0v) is 10.5. The number of hydrogen-bond acceptors (Lipinski definition) is 4. The van der Waals surface area contributed by atoms with E-state index in [1.165, 1.54) is 6.20 Å². The second-order valence-corrected chi connectivity index (χ2v) is 5.79. The molecule has 0 aliphatic carbocycles. The second kappa shape index (κ2) is 5.18. The molecule has 1 aromatic heterocycles. The van der Waals surface area contributed by atoms with Gasteiger partial charge in [0.05, 0.1) is 11.5 Å². The monoisotopic (exact) mass is 259 g/mol. The van der Waals surface area contributed by atoms with Crippen molar-refractivity contribution in [3.8, 4) is 0 Å². The lowest BCUT2D eigenvalue weighted by atomic mass is 10.3. The molecule has 1 atom stereocenters. The first kappa shape index (κ1) is 12.6. The van der Waals surface area contributed by atoms with Gasteiger partial charge < -0.3 is 15.0 Å². The fraction of sp³-hybridized carbons (Fsp3) is 0.600. The minimum Gasteiger partial charge on any atom is -0.380 e. The molecular formula is C10H17N3O3S. The number of aromatic nitrogens is 1. The van der Waals surface area contributed by atoms with E-state index in [0.29, 0.717) is 19.8 Å². The number of ether oxygens (including phenoxy) is 1. The van der Waals surface area contributed by atoms with Gasteiger partial charge in [0.2, 0.25) is 10.0 Å². The van der Waals surface area contributed by atoms with Crippen LogP contribution in [0.25, 0.3) is 0 Å². The molecule has 7 heteroatoms. The fourth-order valence-electron chi connectivity index (χ4n) is 1.78. The maximum Gasteiger partial charge on any atom is 0.242 e. The zero-order chi connectivity index (χ0) is 12.3. The van der Waals surface area contributed by atoms with Crippen molar-refractivity contribution in [2.75, 3.05) is 20.3 Å². The van der Waals surface area contributed by atoms with Crippen LogP contribution in [0.3, 0.4) is 0 Å². The van der Waals surface area contributed by atoms with Crippen LogP contribution in [0.1, 0.15) is 12.1 Å². The molecule has 0 radical (unpaired) electrons. The van der Waals surface area contributed by atoms with Gasteiger partial charge in [-0.15, -0.1) is 0 Å². The van der Waals surface area contributed by atoms with Crippen LogP contribution in [0.5, 0.6) is 0 Å². The molecule has 2 rings (SSSR count). The quantitative estimate of drug-likeness (QED) is 0.684. The van der Waals surface area contributed by atoms with E-state index < -0.39 is 10.0 Å². The Hall–Kier alpha value is -0.890. The number of hydrogen-bond donors (Lipinski definition) is 3. The lowest BCUT2D eigenvalue weighted by Crippen LogP contribution is -2.34. The molecule has 1 fully saturated rings. The summed E-state index contributed by atoms with van der Waals surface area (Å²) in [6.45, 7) is 1.68. The molecule has 1 saturated heterocycles. The lowest BCUT2D eigenvalue weighted by Gasteiger charge is -2.09. The number of H-pyrrole nitrogens is 1. The van der Waals surface area contributed by atoms with E-state index in [2.05, 4.69) is 15.0 Å². The number of aromatic amines is 1. The smallest absolute Gasteiger partial charge is 0.242 e. The predicted octanol–water partition coefficient (Wildman–Crippen LogP) is -0.199. The van der Waals surface area contributed by atoms with Crippen LogP contribution in [0, 0.1) is 0 Å². The summed E-state index contributed by atoms with van der Waals surface area (Å²) >= 11 is 0. The SMILES string of the molecule is CNCc1cc(S(=O)(=O)NC2CCOC2)c[nH]1. The van der Waals surface area contributed by atoms with Crippen molar-refractivity contribution in [2.45, 2.75) is 23.9 Å². The Kier molecular flexibility index (Phi) is 3.82. The molecule has 6 nitrogen and oxygen atoms in total. The summed E-state index contributed by atoms with van der Waals surface area (Å²) in [5, 5.41) is 2.96. The Morgan fingerprint density at radius 2 is 2.41 bits per heavy atom. The molecule has 0 aromatic carbocycles. The van der Waals surface area contributed by atoms with E-state index in [0.717, 1.165) is 12.1 Å².